The van der Waals surface area contributed by atoms with E-state index in [0.717, 1.165) is 10.7 Å². The molecule has 3 aromatic heterocycles. The zero-order chi connectivity index (χ0) is 19.5. The molecule has 4 aromatic rings. The van der Waals surface area contributed by atoms with Crippen LogP contribution in [-0.4, -0.2) is 20.3 Å². The van der Waals surface area contributed by atoms with Crippen LogP contribution >= 0.6 is 22.7 Å². The van der Waals surface area contributed by atoms with E-state index in [0.29, 0.717) is 22.0 Å². The highest BCUT2D eigenvalue weighted by molar-refractivity contribution is 7.15. The molecule has 0 bridgehead atoms. The molecule has 4 rings (SSSR count). The molecule has 0 N–H and O–H groups in total. The van der Waals surface area contributed by atoms with Gasteiger partial charge in [-0.25, -0.2) is 14.8 Å². The Morgan fingerprint density at radius 3 is 2.82 bits per heavy atom. The molecule has 0 aliphatic heterocycles. The van der Waals surface area contributed by atoms with Crippen molar-refractivity contribution in [2.24, 2.45) is 0 Å². The molecule has 0 radical (unpaired) electrons. The molecule has 142 valence electrons. The van der Waals surface area contributed by atoms with Gasteiger partial charge in [0.05, 0.1) is 16.4 Å². The number of carbonyl (C=O) groups excluding carboxylic acids is 1. The standard InChI is InChI=1S/C19H15N3O4S2/c1-12-20-14(11-28-12)10-25-16-5-3-2-4-15(16)18(24)26-9-13-8-17(23)22-6-7-27-19(22)21-13/h2-8,11H,9-10H2,1H3. The summed E-state index contributed by atoms with van der Waals surface area (Å²) in [6.07, 6.45) is 1.66. The lowest BCUT2D eigenvalue weighted by atomic mass is 10.2. The lowest BCUT2D eigenvalue weighted by Crippen LogP contribution is -2.15. The average Bonchev–Trinajstić information content (AvgIpc) is 3.33. The Bertz CT molecular complexity index is 1200. The van der Waals surface area contributed by atoms with Gasteiger partial charge < -0.3 is 9.47 Å². The van der Waals surface area contributed by atoms with Crippen molar-refractivity contribution in [3.05, 3.63) is 79.6 Å². The SMILES string of the molecule is Cc1nc(COc2ccccc2C(=O)OCc2cc(=O)n3ccsc3n2)cs1. The molecule has 0 aliphatic rings. The number of hydrogen-bond acceptors (Lipinski definition) is 8. The fourth-order valence-corrected chi connectivity index (χ4v) is 3.90. The highest BCUT2D eigenvalue weighted by Crippen LogP contribution is 2.21. The number of benzene rings is 1. The zero-order valence-electron chi connectivity index (χ0n) is 14.8. The first-order valence-electron chi connectivity index (χ1n) is 8.36. The van der Waals surface area contributed by atoms with Crippen molar-refractivity contribution in [2.45, 2.75) is 20.1 Å². The lowest BCUT2D eigenvalue weighted by Gasteiger charge is -2.10. The monoisotopic (exact) mass is 413 g/mol. The van der Waals surface area contributed by atoms with Gasteiger partial charge >= 0.3 is 5.97 Å². The minimum Gasteiger partial charge on any atom is -0.486 e. The van der Waals surface area contributed by atoms with E-state index in [1.54, 1.807) is 47.2 Å². The maximum atomic E-state index is 12.5. The van der Waals surface area contributed by atoms with E-state index in [1.807, 2.05) is 12.3 Å². The van der Waals surface area contributed by atoms with E-state index in [9.17, 15) is 9.59 Å². The molecule has 28 heavy (non-hydrogen) atoms. The first-order chi connectivity index (χ1) is 13.6. The summed E-state index contributed by atoms with van der Waals surface area (Å²) in [5.41, 5.74) is 1.31. The first kappa shape index (κ1) is 18.3. The van der Waals surface area contributed by atoms with Crippen molar-refractivity contribution in [1.82, 2.24) is 14.4 Å². The smallest absolute Gasteiger partial charge is 0.342 e. The molecule has 7 nitrogen and oxygen atoms in total. The number of aryl methyl sites for hydroxylation is 1. The number of aromatic nitrogens is 3. The van der Waals surface area contributed by atoms with Crippen LogP contribution in [0.25, 0.3) is 4.96 Å². The molecule has 0 saturated heterocycles. The van der Waals surface area contributed by atoms with Crippen molar-refractivity contribution in [3.63, 3.8) is 0 Å². The second-order valence-electron chi connectivity index (χ2n) is 5.86. The molecule has 0 amide bonds. The fourth-order valence-electron chi connectivity index (χ4n) is 2.57. The molecule has 0 unspecified atom stereocenters. The predicted octanol–water partition coefficient (Wildman–Crippen LogP) is 3.46. The minimum atomic E-state index is -0.543. The molecular formula is C19H15N3O4S2. The van der Waals surface area contributed by atoms with Crippen LogP contribution in [0.3, 0.4) is 0 Å². The van der Waals surface area contributed by atoms with E-state index in [2.05, 4.69) is 9.97 Å². The van der Waals surface area contributed by atoms with E-state index >= 15 is 0 Å². The Labute approximate surface area is 167 Å². The molecular weight excluding hydrogens is 398 g/mol. The van der Waals surface area contributed by atoms with E-state index in [4.69, 9.17) is 9.47 Å². The highest BCUT2D eigenvalue weighted by Gasteiger charge is 2.15. The second-order valence-corrected chi connectivity index (χ2v) is 7.80. The van der Waals surface area contributed by atoms with Crippen molar-refractivity contribution in [1.29, 1.82) is 0 Å². The average molecular weight is 413 g/mol. The molecule has 9 heteroatoms. The quantitative estimate of drug-likeness (QED) is 0.450. The normalized spacial score (nSPS) is 10.9. The van der Waals surface area contributed by atoms with E-state index in [1.165, 1.54) is 21.8 Å². The van der Waals surface area contributed by atoms with Gasteiger partial charge in [-0.05, 0) is 19.1 Å². The number of fused-ring (bicyclic) bond motifs is 1. The van der Waals surface area contributed by atoms with Gasteiger partial charge in [0.1, 0.15) is 24.5 Å². The third-order valence-electron chi connectivity index (χ3n) is 3.86. The summed E-state index contributed by atoms with van der Waals surface area (Å²) in [4.78, 5) is 33.8. The van der Waals surface area contributed by atoms with Gasteiger partial charge in [0.2, 0.25) is 0 Å². The van der Waals surface area contributed by atoms with Crippen LogP contribution < -0.4 is 10.3 Å². The van der Waals surface area contributed by atoms with Gasteiger partial charge in [0.25, 0.3) is 5.56 Å². The number of carbonyl (C=O) groups is 1. The molecule has 0 spiro atoms. The Morgan fingerprint density at radius 1 is 1.14 bits per heavy atom. The summed E-state index contributed by atoms with van der Waals surface area (Å²) < 4.78 is 12.5. The lowest BCUT2D eigenvalue weighted by molar-refractivity contribution is 0.0462. The van der Waals surface area contributed by atoms with Crippen LogP contribution in [-0.2, 0) is 18.0 Å². The van der Waals surface area contributed by atoms with Crippen molar-refractivity contribution in [2.75, 3.05) is 0 Å². The Balaban J connectivity index is 1.46. The summed E-state index contributed by atoms with van der Waals surface area (Å²) in [6.45, 7) is 2.09. The first-order valence-corrected chi connectivity index (χ1v) is 10.1. The predicted molar refractivity (Wildman–Crippen MR) is 106 cm³/mol. The molecule has 1 aromatic carbocycles. The van der Waals surface area contributed by atoms with Gasteiger partial charge in [-0.15, -0.1) is 22.7 Å². The van der Waals surface area contributed by atoms with Gasteiger partial charge in [-0.1, -0.05) is 12.1 Å². The Morgan fingerprint density at radius 2 is 2.00 bits per heavy atom. The second kappa shape index (κ2) is 7.91. The molecule has 0 atom stereocenters. The fraction of sp³-hybridized carbons (Fsp3) is 0.158. The maximum absolute atomic E-state index is 12.5. The third-order valence-corrected chi connectivity index (χ3v) is 5.44. The highest BCUT2D eigenvalue weighted by atomic mass is 32.1. The summed E-state index contributed by atoms with van der Waals surface area (Å²) in [7, 11) is 0. The summed E-state index contributed by atoms with van der Waals surface area (Å²) >= 11 is 2.88. The van der Waals surface area contributed by atoms with Crippen LogP contribution in [0.5, 0.6) is 5.75 Å². The van der Waals surface area contributed by atoms with Crippen molar-refractivity contribution < 1.29 is 14.3 Å². The van der Waals surface area contributed by atoms with Crippen LogP contribution in [0, 0.1) is 6.92 Å². The molecule has 0 saturated carbocycles. The number of nitrogens with zero attached hydrogens (tertiary/aromatic N) is 3. The topological polar surface area (TPSA) is 82.8 Å². The number of para-hydroxylation sites is 1. The molecule has 0 fully saturated rings. The largest absolute Gasteiger partial charge is 0.486 e. The van der Waals surface area contributed by atoms with Gasteiger partial charge in [-0.3, -0.25) is 9.20 Å². The molecule has 3 heterocycles. The zero-order valence-corrected chi connectivity index (χ0v) is 16.5. The number of thiazole rings is 2. The van der Waals surface area contributed by atoms with E-state index < -0.39 is 5.97 Å². The Hall–Kier alpha value is -3.04. The van der Waals surface area contributed by atoms with Gasteiger partial charge in [-0.2, -0.15) is 0 Å². The Kier molecular flexibility index (Phi) is 5.18. The van der Waals surface area contributed by atoms with Gasteiger partial charge in [0.15, 0.2) is 4.96 Å². The number of hydrogen-bond donors (Lipinski definition) is 0. The van der Waals surface area contributed by atoms with Crippen LogP contribution in [0.4, 0.5) is 0 Å². The van der Waals surface area contributed by atoms with Gasteiger partial charge in [0, 0.05) is 23.0 Å². The summed E-state index contributed by atoms with van der Waals surface area (Å²) in [5.74, 6) is -0.127. The summed E-state index contributed by atoms with van der Waals surface area (Å²) in [5, 5.41) is 4.65. The number of rotatable bonds is 6. The van der Waals surface area contributed by atoms with Crippen LogP contribution in [0.2, 0.25) is 0 Å². The minimum absolute atomic E-state index is 0.0952. The third kappa shape index (κ3) is 3.95. The van der Waals surface area contributed by atoms with Crippen LogP contribution in [0.1, 0.15) is 26.8 Å². The number of ether oxygens (including phenoxy) is 2. The summed E-state index contributed by atoms with van der Waals surface area (Å²) in [6, 6.07) is 8.22. The van der Waals surface area contributed by atoms with E-state index in [-0.39, 0.29) is 18.8 Å². The maximum Gasteiger partial charge on any atom is 0.342 e. The number of esters is 1. The van der Waals surface area contributed by atoms with Crippen molar-refractivity contribution in [3.8, 4) is 5.75 Å². The van der Waals surface area contributed by atoms with Crippen LogP contribution in [0.15, 0.2) is 52.1 Å². The van der Waals surface area contributed by atoms with Crippen molar-refractivity contribution >= 4 is 33.6 Å². The molecule has 0 aliphatic carbocycles.